The minimum Gasteiger partial charge on any atom is -0.508 e. The molecular formula is C9H8O4. The molecule has 0 saturated heterocycles. The third-order valence-corrected chi connectivity index (χ3v) is 1.76. The number of phenolic OH excluding ortho intramolecular Hbond substituents is 1. The molecule has 0 saturated carbocycles. The largest absolute Gasteiger partial charge is 0.508 e. The third kappa shape index (κ3) is 1.42. The lowest BCUT2D eigenvalue weighted by Crippen LogP contribution is -2.30. The summed E-state index contributed by atoms with van der Waals surface area (Å²) < 4.78 is 10.4. The Balaban J connectivity index is 2.32. The fraction of sp³-hybridized carbons (Fsp3) is 0.222. The smallest absolute Gasteiger partial charge is 0.187 e. The van der Waals surface area contributed by atoms with Crippen molar-refractivity contribution in [2.24, 2.45) is 0 Å². The average Bonchev–Trinajstić information content (AvgIpc) is 2.16. The molecule has 0 aliphatic carbocycles. The van der Waals surface area contributed by atoms with Gasteiger partial charge in [0.05, 0.1) is 0 Å². The van der Waals surface area contributed by atoms with Crippen LogP contribution in [0.15, 0.2) is 18.2 Å². The second-order valence-electron chi connectivity index (χ2n) is 2.73. The monoisotopic (exact) mass is 180 g/mol. The first-order valence-corrected chi connectivity index (χ1v) is 3.87. The van der Waals surface area contributed by atoms with Crippen molar-refractivity contribution in [1.82, 2.24) is 0 Å². The maximum atomic E-state index is 10.4. The van der Waals surface area contributed by atoms with Gasteiger partial charge in [-0.2, -0.15) is 0 Å². The van der Waals surface area contributed by atoms with Gasteiger partial charge in [-0.25, -0.2) is 0 Å². The van der Waals surface area contributed by atoms with E-state index in [1.165, 1.54) is 12.1 Å². The molecule has 0 amide bonds. The van der Waals surface area contributed by atoms with Gasteiger partial charge in [-0.15, -0.1) is 0 Å². The Labute approximate surface area is 74.7 Å². The third-order valence-electron chi connectivity index (χ3n) is 1.76. The van der Waals surface area contributed by atoms with Crippen LogP contribution < -0.4 is 9.47 Å². The predicted octanol–water partition coefficient (Wildman–Crippen LogP) is 0.731. The molecule has 1 aliphatic rings. The molecule has 1 aliphatic heterocycles. The van der Waals surface area contributed by atoms with E-state index < -0.39 is 6.10 Å². The van der Waals surface area contributed by atoms with Crippen LogP contribution in [0, 0.1) is 0 Å². The molecule has 1 heterocycles. The Bertz CT molecular complexity index is 334. The van der Waals surface area contributed by atoms with Gasteiger partial charge in [0.1, 0.15) is 12.4 Å². The quantitative estimate of drug-likeness (QED) is 0.647. The number of hydrogen-bond donors (Lipinski definition) is 1. The van der Waals surface area contributed by atoms with Gasteiger partial charge < -0.3 is 14.6 Å². The van der Waals surface area contributed by atoms with Gasteiger partial charge in [0.2, 0.25) is 0 Å². The predicted molar refractivity (Wildman–Crippen MR) is 44.1 cm³/mol. The van der Waals surface area contributed by atoms with Gasteiger partial charge in [-0.05, 0) is 12.1 Å². The van der Waals surface area contributed by atoms with Crippen molar-refractivity contribution in [3.63, 3.8) is 0 Å². The summed E-state index contributed by atoms with van der Waals surface area (Å²) in [6, 6.07) is 4.53. The zero-order valence-corrected chi connectivity index (χ0v) is 6.77. The Morgan fingerprint density at radius 3 is 3.08 bits per heavy atom. The highest BCUT2D eigenvalue weighted by atomic mass is 16.6. The zero-order chi connectivity index (χ0) is 9.26. The molecule has 13 heavy (non-hydrogen) atoms. The van der Waals surface area contributed by atoms with Crippen LogP contribution in [0.3, 0.4) is 0 Å². The van der Waals surface area contributed by atoms with Crippen molar-refractivity contribution in [1.29, 1.82) is 0 Å². The summed E-state index contributed by atoms with van der Waals surface area (Å²) in [5.74, 6) is 1.05. The summed E-state index contributed by atoms with van der Waals surface area (Å²) in [5, 5.41) is 9.12. The van der Waals surface area contributed by atoms with Crippen LogP contribution in [0.2, 0.25) is 0 Å². The van der Waals surface area contributed by atoms with E-state index >= 15 is 0 Å². The van der Waals surface area contributed by atoms with Gasteiger partial charge in [-0.1, -0.05) is 0 Å². The Hall–Kier alpha value is -1.71. The number of carbonyl (C=O) groups is 1. The van der Waals surface area contributed by atoms with Crippen molar-refractivity contribution < 1.29 is 19.4 Å². The molecule has 1 aromatic rings. The molecule has 1 unspecified atom stereocenters. The van der Waals surface area contributed by atoms with Crippen molar-refractivity contribution in [2.45, 2.75) is 6.10 Å². The molecule has 1 atom stereocenters. The summed E-state index contributed by atoms with van der Waals surface area (Å²) in [6.45, 7) is 0.223. The van der Waals surface area contributed by atoms with Crippen LogP contribution in [0.1, 0.15) is 0 Å². The zero-order valence-electron chi connectivity index (χ0n) is 6.77. The number of rotatable bonds is 1. The molecule has 68 valence electrons. The highest BCUT2D eigenvalue weighted by molar-refractivity contribution is 5.59. The fourth-order valence-electron chi connectivity index (χ4n) is 1.14. The molecule has 4 heteroatoms. The number of ether oxygens (including phenoxy) is 2. The van der Waals surface area contributed by atoms with Crippen LogP contribution in [-0.4, -0.2) is 24.1 Å². The maximum Gasteiger partial charge on any atom is 0.187 e. The molecular weight excluding hydrogens is 172 g/mol. The van der Waals surface area contributed by atoms with Crippen LogP contribution in [0.4, 0.5) is 0 Å². The van der Waals surface area contributed by atoms with Crippen LogP contribution in [-0.2, 0) is 4.79 Å². The fourth-order valence-corrected chi connectivity index (χ4v) is 1.14. The minimum atomic E-state index is -0.575. The second kappa shape index (κ2) is 2.97. The number of fused-ring (bicyclic) bond motifs is 1. The SMILES string of the molecule is O=CC1COc2ccc(O)cc2O1. The van der Waals surface area contributed by atoms with Gasteiger partial charge in [0.15, 0.2) is 23.9 Å². The molecule has 2 rings (SSSR count). The first kappa shape index (κ1) is 7.91. The minimum absolute atomic E-state index is 0.0916. The normalized spacial score (nSPS) is 19.5. The maximum absolute atomic E-state index is 10.4. The summed E-state index contributed by atoms with van der Waals surface area (Å²) in [6.07, 6.45) is 0.0989. The van der Waals surface area contributed by atoms with Gasteiger partial charge in [-0.3, -0.25) is 4.79 Å². The van der Waals surface area contributed by atoms with E-state index in [1.807, 2.05) is 0 Å². The van der Waals surface area contributed by atoms with Crippen LogP contribution in [0.25, 0.3) is 0 Å². The number of aromatic hydroxyl groups is 1. The number of phenols is 1. The average molecular weight is 180 g/mol. The van der Waals surface area contributed by atoms with Gasteiger partial charge in [0, 0.05) is 6.07 Å². The lowest BCUT2D eigenvalue weighted by Gasteiger charge is -2.22. The van der Waals surface area contributed by atoms with E-state index in [1.54, 1.807) is 6.07 Å². The molecule has 0 spiro atoms. The Morgan fingerprint density at radius 1 is 1.46 bits per heavy atom. The Kier molecular flexibility index (Phi) is 1.81. The van der Waals surface area contributed by atoms with E-state index in [-0.39, 0.29) is 12.4 Å². The van der Waals surface area contributed by atoms with E-state index in [9.17, 15) is 4.79 Å². The highest BCUT2D eigenvalue weighted by Gasteiger charge is 2.20. The van der Waals surface area contributed by atoms with E-state index in [2.05, 4.69) is 0 Å². The lowest BCUT2D eigenvalue weighted by molar-refractivity contribution is -0.115. The summed E-state index contributed by atoms with van der Waals surface area (Å²) in [7, 11) is 0. The van der Waals surface area contributed by atoms with Gasteiger partial charge in [0.25, 0.3) is 0 Å². The second-order valence-corrected chi connectivity index (χ2v) is 2.73. The molecule has 1 aromatic carbocycles. The summed E-state index contributed by atoms with van der Waals surface area (Å²) >= 11 is 0. The van der Waals surface area contributed by atoms with Crippen LogP contribution in [0.5, 0.6) is 17.2 Å². The molecule has 4 nitrogen and oxygen atoms in total. The molecule has 1 N–H and O–H groups in total. The van der Waals surface area contributed by atoms with Crippen molar-refractivity contribution in [3.05, 3.63) is 18.2 Å². The standard InChI is InChI=1S/C9H8O4/c10-4-7-5-12-8-2-1-6(11)3-9(8)13-7/h1-4,7,11H,5H2. The lowest BCUT2D eigenvalue weighted by atomic mass is 10.2. The number of aldehydes is 1. The van der Waals surface area contributed by atoms with Crippen LogP contribution >= 0.6 is 0 Å². The topological polar surface area (TPSA) is 55.8 Å². The van der Waals surface area contributed by atoms with E-state index in [0.717, 1.165) is 0 Å². The van der Waals surface area contributed by atoms with Crippen molar-refractivity contribution in [2.75, 3.05) is 6.61 Å². The summed E-state index contributed by atoms with van der Waals surface area (Å²) in [5.41, 5.74) is 0. The number of carbonyl (C=O) groups excluding carboxylic acids is 1. The Morgan fingerprint density at radius 2 is 2.31 bits per heavy atom. The first-order valence-electron chi connectivity index (χ1n) is 3.87. The summed E-state index contributed by atoms with van der Waals surface area (Å²) in [4.78, 5) is 10.4. The molecule has 0 aromatic heterocycles. The molecule has 0 radical (unpaired) electrons. The molecule has 0 fully saturated rings. The van der Waals surface area contributed by atoms with Gasteiger partial charge >= 0.3 is 0 Å². The first-order chi connectivity index (χ1) is 6.29. The molecule has 0 bridgehead atoms. The van der Waals surface area contributed by atoms with E-state index in [0.29, 0.717) is 17.8 Å². The van der Waals surface area contributed by atoms with E-state index in [4.69, 9.17) is 14.6 Å². The highest BCUT2D eigenvalue weighted by Crippen LogP contribution is 2.34. The number of benzene rings is 1. The van der Waals surface area contributed by atoms with Crippen molar-refractivity contribution >= 4 is 6.29 Å². The number of hydrogen-bond acceptors (Lipinski definition) is 4. The van der Waals surface area contributed by atoms with Crippen molar-refractivity contribution in [3.8, 4) is 17.2 Å².